The summed E-state index contributed by atoms with van der Waals surface area (Å²) in [7, 11) is 0. The van der Waals surface area contributed by atoms with Crippen LogP contribution in [0, 0.1) is 0 Å². The molecule has 0 heterocycles. The van der Waals surface area contributed by atoms with Gasteiger partial charge in [-0.15, -0.1) is 0 Å². The standard InChI is InChI=1S/C17H24N2O2/c1-3-15(16-9-5-4-6-10-16)13-17(21)19-12-8-7-11-18-14(2)20/h4-6,9-10,13H,3,7-8,11-12H2,1-2H3,(H,18,20)(H,19,21)/b15-13+. The van der Waals surface area contributed by atoms with Gasteiger partial charge in [-0.1, -0.05) is 37.3 Å². The molecule has 0 fully saturated rings. The molecule has 0 saturated heterocycles. The number of unbranched alkanes of at least 4 members (excludes halogenated alkanes) is 1. The molecule has 0 atom stereocenters. The fraction of sp³-hybridized carbons (Fsp3) is 0.412. The van der Waals surface area contributed by atoms with Crippen LogP contribution in [0.15, 0.2) is 36.4 Å². The number of rotatable bonds is 8. The second kappa shape index (κ2) is 9.75. The van der Waals surface area contributed by atoms with Gasteiger partial charge in [-0.2, -0.15) is 0 Å². The molecule has 0 spiro atoms. The molecule has 0 aliphatic heterocycles. The molecule has 0 aliphatic carbocycles. The van der Waals surface area contributed by atoms with Gasteiger partial charge in [-0.05, 0) is 30.4 Å². The lowest BCUT2D eigenvalue weighted by Crippen LogP contribution is -2.25. The minimum atomic E-state index is -0.0600. The van der Waals surface area contributed by atoms with Crippen LogP contribution in [0.5, 0.6) is 0 Å². The summed E-state index contributed by atoms with van der Waals surface area (Å²) in [6.45, 7) is 4.83. The van der Waals surface area contributed by atoms with Gasteiger partial charge < -0.3 is 10.6 Å². The molecule has 0 unspecified atom stereocenters. The SMILES string of the molecule is CC/C(=C\C(=O)NCCCCNC(C)=O)c1ccccc1. The zero-order chi connectivity index (χ0) is 15.5. The molecule has 0 bridgehead atoms. The van der Waals surface area contributed by atoms with Gasteiger partial charge in [0.2, 0.25) is 11.8 Å². The minimum Gasteiger partial charge on any atom is -0.356 e. The van der Waals surface area contributed by atoms with Crippen molar-refractivity contribution in [3.63, 3.8) is 0 Å². The van der Waals surface area contributed by atoms with E-state index in [1.165, 1.54) is 6.92 Å². The lowest BCUT2D eigenvalue weighted by Gasteiger charge is -2.06. The second-order valence-electron chi connectivity index (χ2n) is 4.87. The van der Waals surface area contributed by atoms with E-state index in [1.807, 2.05) is 37.3 Å². The highest BCUT2D eigenvalue weighted by molar-refractivity contribution is 5.95. The smallest absolute Gasteiger partial charge is 0.244 e. The molecule has 0 aliphatic rings. The topological polar surface area (TPSA) is 58.2 Å². The van der Waals surface area contributed by atoms with Crippen molar-refractivity contribution in [1.82, 2.24) is 10.6 Å². The molecule has 4 heteroatoms. The highest BCUT2D eigenvalue weighted by atomic mass is 16.2. The number of benzene rings is 1. The molecule has 4 nitrogen and oxygen atoms in total. The number of hydrogen-bond acceptors (Lipinski definition) is 2. The maximum Gasteiger partial charge on any atom is 0.244 e. The monoisotopic (exact) mass is 288 g/mol. The van der Waals surface area contributed by atoms with Crippen LogP contribution < -0.4 is 10.6 Å². The van der Waals surface area contributed by atoms with Crippen molar-refractivity contribution in [3.05, 3.63) is 42.0 Å². The van der Waals surface area contributed by atoms with Crippen LogP contribution in [-0.4, -0.2) is 24.9 Å². The van der Waals surface area contributed by atoms with E-state index < -0.39 is 0 Å². The molecule has 2 amide bonds. The predicted octanol–water partition coefficient (Wildman–Crippen LogP) is 2.51. The van der Waals surface area contributed by atoms with Crippen LogP contribution >= 0.6 is 0 Å². The Morgan fingerprint density at radius 1 is 1.05 bits per heavy atom. The Kier molecular flexibility index (Phi) is 7.87. The first-order valence-corrected chi connectivity index (χ1v) is 7.41. The first-order valence-electron chi connectivity index (χ1n) is 7.41. The third kappa shape index (κ3) is 7.30. The Morgan fingerprint density at radius 2 is 1.67 bits per heavy atom. The molecule has 0 radical (unpaired) electrons. The van der Waals surface area contributed by atoms with Gasteiger partial charge in [0.05, 0.1) is 0 Å². The van der Waals surface area contributed by atoms with Crippen LogP contribution in [0.25, 0.3) is 5.57 Å². The second-order valence-corrected chi connectivity index (χ2v) is 4.87. The van der Waals surface area contributed by atoms with E-state index in [1.54, 1.807) is 6.08 Å². The Balaban J connectivity index is 2.34. The molecule has 2 N–H and O–H groups in total. The number of allylic oxidation sites excluding steroid dienone is 1. The number of carbonyl (C=O) groups is 2. The Labute approximate surface area is 126 Å². The number of nitrogens with one attached hydrogen (secondary N) is 2. The molecule has 1 aromatic carbocycles. The maximum atomic E-state index is 11.9. The van der Waals surface area contributed by atoms with Gasteiger partial charge in [0.25, 0.3) is 0 Å². The summed E-state index contributed by atoms with van der Waals surface area (Å²) in [5.74, 6) is -0.0763. The molecular formula is C17H24N2O2. The summed E-state index contributed by atoms with van der Waals surface area (Å²) in [5, 5.41) is 5.61. The van der Waals surface area contributed by atoms with Crippen LogP contribution in [0.3, 0.4) is 0 Å². The molecule has 21 heavy (non-hydrogen) atoms. The van der Waals surface area contributed by atoms with E-state index in [0.29, 0.717) is 13.1 Å². The van der Waals surface area contributed by atoms with E-state index in [9.17, 15) is 9.59 Å². The lowest BCUT2D eigenvalue weighted by molar-refractivity contribution is -0.119. The van der Waals surface area contributed by atoms with E-state index in [0.717, 1.165) is 30.4 Å². The van der Waals surface area contributed by atoms with Gasteiger partial charge in [-0.3, -0.25) is 9.59 Å². The summed E-state index contributed by atoms with van der Waals surface area (Å²) < 4.78 is 0. The van der Waals surface area contributed by atoms with Crippen molar-refractivity contribution in [2.75, 3.05) is 13.1 Å². The van der Waals surface area contributed by atoms with Gasteiger partial charge in [0, 0.05) is 26.1 Å². The van der Waals surface area contributed by atoms with Crippen molar-refractivity contribution in [1.29, 1.82) is 0 Å². The highest BCUT2D eigenvalue weighted by Gasteiger charge is 2.02. The van der Waals surface area contributed by atoms with Crippen LogP contribution in [0.2, 0.25) is 0 Å². The van der Waals surface area contributed by atoms with Crippen LogP contribution in [0.1, 0.15) is 38.7 Å². The Hall–Kier alpha value is -2.10. The zero-order valence-corrected chi connectivity index (χ0v) is 12.8. The third-order valence-corrected chi connectivity index (χ3v) is 3.11. The van der Waals surface area contributed by atoms with Crippen molar-refractivity contribution >= 4 is 17.4 Å². The number of carbonyl (C=O) groups excluding carboxylic acids is 2. The Bertz CT molecular complexity index is 481. The van der Waals surface area contributed by atoms with Gasteiger partial charge in [0.1, 0.15) is 0 Å². The van der Waals surface area contributed by atoms with Gasteiger partial charge in [-0.25, -0.2) is 0 Å². The molecule has 1 aromatic rings. The lowest BCUT2D eigenvalue weighted by atomic mass is 10.0. The molecule has 0 aromatic heterocycles. The molecule has 114 valence electrons. The van der Waals surface area contributed by atoms with Crippen LogP contribution in [0.4, 0.5) is 0 Å². The third-order valence-electron chi connectivity index (χ3n) is 3.11. The molecule has 0 saturated carbocycles. The van der Waals surface area contributed by atoms with E-state index in [2.05, 4.69) is 10.6 Å². The highest BCUT2D eigenvalue weighted by Crippen LogP contribution is 2.16. The fourth-order valence-corrected chi connectivity index (χ4v) is 1.98. The van der Waals surface area contributed by atoms with Crippen LogP contribution in [-0.2, 0) is 9.59 Å². The van der Waals surface area contributed by atoms with Gasteiger partial charge in [0.15, 0.2) is 0 Å². The van der Waals surface area contributed by atoms with E-state index in [-0.39, 0.29) is 11.8 Å². The number of hydrogen-bond donors (Lipinski definition) is 2. The van der Waals surface area contributed by atoms with E-state index >= 15 is 0 Å². The van der Waals surface area contributed by atoms with Crippen molar-refractivity contribution in [2.24, 2.45) is 0 Å². The normalized spacial score (nSPS) is 11.0. The summed E-state index contributed by atoms with van der Waals surface area (Å²) in [6.07, 6.45) is 4.21. The summed E-state index contributed by atoms with van der Waals surface area (Å²) in [6, 6.07) is 9.93. The van der Waals surface area contributed by atoms with Crippen molar-refractivity contribution in [2.45, 2.75) is 33.1 Å². The minimum absolute atomic E-state index is 0.0163. The molecule has 1 rings (SSSR count). The first kappa shape index (κ1) is 17.0. The average molecular weight is 288 g/mol. The quantitative estimate of drug-likeness (QED) is 0.570. The summed E-state index contributed by atoms with van der Waals surface area (Å²) in [5.41, 5.74) is 2.12. The van der Waals surface area contributed by atoms with Crippen molar-refractivity contribution in [3.8, 4) is 0 Å². The van der Waals surface area contributed by atoms with E-state index in [4.69, 9.17) is 0 Å². The first-order chi connectivity index (χ1) is 10.1. The largest absolute Gasteiger partial charge is 0.356 e. The molecular weight excluding hydrogens is 264 g/mol. The summed E-state index contributed by atoms with van der Waals surface area (Å²) in [4.78, 5) is 22.6. The fourth-order valence-electron chi connectivity index (χ4n) is 1.98. The van der Waals surface area contributed by atoms with Crippen molar-refractivity contribution < 1.29 is 9.59 Å². The predicted molar refractivity (Wildman–Crippen MR) is 85.6 cm³/mol. The number of amides is 2. The zero-order valence-electron chi connectivity index (χ0n) is 12.8. The average Bonchev–Trinajstić information content (AvgIpc) is 2.49. The summed E-state index contributed by atoms with van der Waals surface area (Å²) >= 11 is 0. The maximum absolute atomic E-state index is 11.9. The Morgan fingerprint density at radius 3 is 2.24 bits per heavy atom. The van der Waals surface area contributed by atoms with Gasteiger partial charge >= 0.3 is 0 Å².